The monoisotopic (exact) mass is 261 g/mol. The summed E-state index contributed by atoms with van der Waals surface area (Å²) < 4.78 is 36.6. The van der Waals surface area contributed by atoms with Gasteiger partial charge in [-0.2, -0.15) is 0 Å². The Bertz CT molecular complexity index is 437. The second-order valence-electron chi connectivity index (χ2n) is 3.52. The van der Waals surface area contributed by atoms with Gasteiger partial charge >= 0.3 is 5.97 Å². The molecule has 0 spiro atoms. The molecule has 0 radical (unpaired) electrons. The lowest BCUT2D eigenvalue weighted by Crippen LogP contribution is -2.18. The number of benzene rings is 1. The third-order valence-corrected chi connectivity index (χ3v) is 2.35. The number of carboxylic acids is 1. The van der Waals surface area contributed by atoms with E-state index >= 15 is 0 Å². The normalized spacial score (nSPS) is 12.1. The topological polar surface area (TPSA) is 81.8 Å². The van der Waals surface area contributed by atoms with Crippen LogP contribution in [0.5, 0.6) is 11.5 Å². The van der Waals surface area contributed by atoms with E-state index in [2.05, 4.69) is 0 Å². The van der Waals surface area contributed by atoms with Crippen LogP contribution in [-0.4, -0.2) is 25.3 Å². The highest BCUT2D eigenvalue weighted by Crippen LogP contribution is 2.38. The lowest BCUT2D eigenvalue weighted by atomic mass is 10.0. The van der Waals surface area contributed by atoms with Gasteiger partial charge in [0.25, 0.3) is 0 Å². The summed E-state index contributed by atoms with van der Waals surface area (Å²) in [6, 6.07) is -0.549. The number of carbonyl (C=O) groups is 1. The second-order valence-corrected chi connectivity index (χ2v) is 3.52. The largest absolute Gasteiger partial charge is 0.493 e. The van der Waals surface area contributed by atoms with Crippen molar-refractivity contribution in [1.29, 1.82) is 0 Å². The molecule has 1 atom stereocenters. The lowest BCUT2D eigenvalue weighted by Gasteiger charge is -2.18. The number of ether oxygens (including phenoxy) is 2. The fraction of sp³-hybridized carbons (Fsp3) is 0.364. The van der Waals surface area contributed by atoms with Gasteiger partial charge in [0.05, 0.1) is 26.2 Å². The fourth-order valence-electron chi connectivity index (χ4n) is 1.64. The molecule has 0 aliphatic carbocycles. The number of carboxylic acid groups (broad SMARTS) is 1. The van der Waals surface area contributed by atoms with Gasteiger partial charge in [-0.25, -0.2) is 8.78 Å². The maximum atomic E-state index is 13.5. The van der Waals surface area contributed by atoms with Crippen molar-refractivity contribution in [2.24, 2.45) is 5.73 Å². The standard InChI is InChI=1S/C11H13F2NO4/c1-17-10-5(12)3-6(13)11(18-2)9(10)7(14)4-8(15)16/h3,7H,4,14H2,1-2H3,(H,15,16). The zero-order valence-electron chi connectivity index (χ0n) is 9.87. The first-order valence-corrected chi connectivity index (χ1v) is 4.99. The minimum absolute atomic E-state index is 0.139. The van der Waals surface area contributed by atoms with E-state index in [1.165, 1.54) is 14.2 Å². The molecule has 1 unspecified atom stereocenters. The maximum absolute atomic E-state index is 13.5. The van der Waals surface area contributed by atoms with Gasteiger partial charge in [-0.3, -0.25) is 4.79 Å². The molecule has 0 bridgehead atoms. The molecular formula is C11H13F2NO4. The average molecular weight is 261 g/mol. The Hall–Kier alpha value is -1.89. The molecule has 3 N–H and O–H groups in total. The van der Waals surface area contributed by atoms with E-state index in [1.807, 2.05) is 0 Å². The van der Waals surface area contributed by atoms with Crippen LogP contribution < -0.4 is 15.2 Å². The molecule has 0 amide bonds. The molecule has 0 saturated carbocycles. The van der Waals surface area contributed by atoms with Crippen LogP contribution in [0.1, 0.15) is 18.0 Å². The van der Waals surface area contributed by atoms with E-state index in [-0.39, 0.29) is 17.1 Å². The van der Waals surface area contributed by atoms with Crippen LogP contribution in [-0.2, 0) is 4.79 Å². The number of halogens is 2. The van der Waals surface area contributed by atoms with Crippen LogP contribution in [0.25, 0.3) is 0 Å². The van der Waals surface area contributed by atoms with Gasteiger partial charge in [-0.1, -0.05) is 0 Å². The molecule has 100 valence electrons. The van der Waals surface area contributed by atoms with Crippen LogP contribution in [0, 0.1) is 11.6 Å². The summed E-state index contributed by atoms with van der Waals surface area (Å²) >= 11 is 0. The summed E-state index contributed by atoms with van der Waals surface area (Å²) in [5.74, 6) is -3.77. The van der Waals surface area contributed by atoms with E-state index in [0.717, 1.165) is 0 Å². The predicted octanol–water partition coefficient (Wildman–Crippen LogP) is 1.46. The molecule has 0 aliphatic heterocycles. The summed E-state index contributed by atoms with van der Waals surface area (Å²) in [5.41, 5.74) is 5.47. The quantitative estimate of drug-likeness (QED) is 0.838. The molecule has 0 heterocycles. The van der Waals surface area contributed by atoms with Gasteiger partial charge in [0.1, 0.15) is 0 Å². The third-order valence-electron chi connectivity index (χ3n) is 2.35. The van der Waals surface area contributed by atoms with E-state index in [9.17, 15) is 13.6 Å². The fourth-order valence-corrected chi connectivity index (χ4v) is 1.64. The molecular weight excluding hydrogens is 248 g/mol. The average Bonchev–Trinajstić information content (AvgIpc) is 2.27. The molecule has 18 heavy (non-hydrogen) atoms. The van der Waals surface area contributed by atoms with Gasteiger partial charge in [0.15, 0.2) is 23.1 Å². The number of hydrogen-bond acceptors (Lipinski definition) is 4. The van der Waals surface area contributed by atoms with Crippen molar-refractivity contribution in [3.8, 4) is 11.5 Å². The van der Waals surface area contributed by atoms with Crippen LogP contribution in [0.2, 0.25) is 0 Å². The van der Waals surface area contributed by atoms with Crippen LogP contribution in [0.3, 0.4) is 0 Å². The van der Waals surface area contributed by atoms with Crippen LogP contribution in [0.15, 0.2) is 6.07 Å². The van der Waals surface area contributed by atoms with E-state index in [0.29, 0.717) is 6.07 Å². The Kier molecular flexibility index (Phi) is 4.43. The maximum Gasteiger partial charge on any atom is 0.305 e. The van der Waals surface area contributed by atoms with Crippen LogP contribution in [0.4, 0.5) is 8.78 Å². The Morgan fingerprint density at radius 3 is 2.11 bits per heavy atom. The highest BCUT2D eigenvalue weighted by atomic mass is 19.1. The third kappa shape index (κ3) is 2.67. The molecule has 1 rings (SSSR count). The molecule has 0 fully saturated rings. The SMILES string of the molecule is COc1c(F)cc(F)c(OC)c1C(N)CC(=O)O. The minimum Gasteiger partial charge on any atom is -0.493 e. The molecule has 1 aromatic rings. The Balaban J connectivity index is 3.40. The van der Waals surface area contributed by atoms with Gasteiger partial charge < -0.3 is 20.3 Å². The molecule has 0 saturated heterocycles. The smallest absolute Gasteiger partial charge is 0.305 e. The van der Waals surface area contributed by atoms with E-state index in [4.69, 9.17) is 20.3 Å². The Labute approximate surface area is 102 Å². The van der Waals surface area contributed by atoms with Gasteiger partial charge in [0, 0.05) is 12.1 Å². The number of rotatable bonds is 5. The van der Waals surface area contributed by atoms with Crippen molar-refractivity contribution in [1.82, 2.24) is 0 Å². The van der Waals surface area contributed by atoms with Crippen molar-refractivity contribution in [3.63, 3.8) is 0 Å². The number of nitrogens with two attached hydrogens (primary N) is 1. The highest BCUT2D eigenvalue weighted by molar-refractivity contribution is 5.68. The molecule has 5 nitrogen and oxygen atoms in total. The van der Waals surface area contributed by atoms with Gasteiger partial charge in [-0.05, 0) is 0 Å². The number of hydrogen-bond donors (Lipinski definition) is 2. The minimum atomic E-state index is -1.20. The van der Waals surface area contributed by atoms with Crippen molar-refractivity contribution in [2.75, 3.05) is 14.2 Å². The summed E-state index contributed by atoms with van der Waals surface area (Å²) in [5, 5.41) is 8.66. The molecule has 0 aliphatic rings. The summed E-state index contributed by atoms with van der Waals surface area (Å²) in [6.07, 6.45) is -0.504. The second kappa shape index (κ2) is 5.63. The Morgan fingerprint density at radius 2 is 1.78 bits per heavy atom. The first kappa shape index (κ1) is 14.2. The van der Waals surface area contributed by atoms with E-state index in [1.54, 1.807) is 0 Å². The number of methoxy groups -OCH3 is 2. The zero-order valence-corrected chi connectivity index (χ0v) is 9.87. The van der Waals surface area contributed by atoms with Crippen molar-refractivity contribution >= 4 is 5.97 Å². The predicted molar refractivity (Wildman–Crippen MR) is 58.6 cm³/mol. The first-order valence-electron chi connectivity index (χ1n) is 4.99. The van der Waals surface area contributed by atoms with Crippen molar-refractivity contribution in [3.05, 3.63) is 23.3 Å². The Morgan fingerprint density at radius 1 is 1.33 bits per heavy atom. The van der Waals surface area contributed by atoms with Crippen molar-refractivity contribution in [2.45, 2.75) is 12.5 Å². The lowest BCUT2D eigenvalue weighted by molar-refractivity contribution is -0.137. The highest BCUT2D eigenvalue weighted by Gasteiger charge is 2.26. The van der Waals surface area contributed by atoms with Crippen molar-refractivity contribution < 1.29 is 28.2 Å². The molecule has 1 aromatic carbocycles. The summed E-state index contributed by atoms with van der Waals surface area (Å²) in [4.78, 5) is 10.6. The van der Waals surface area contributed by atoms with E-state index < -0.39 is 30.1 Å². The van der Waals surface area contributed by atoms with Gasteiger partial charge in [-0.15, -0.1) is 0 Å². The van der Waals surface area contributed by atoms with Crippen LogP contribution >= 0.6 is 0 Å². The number of aliphatic carboxylic acids is 1. The molecule has 7 heteroatoms. The first-order chi connectivity index (χ1) is 8.42. The summed E-state index contributed by atoms with van der Waals surface area (Å²) in [6.45, 7) is 0. The summed E-state index contributed by atoms with van der Waals surface area (Å²) in [7, 11) is 2.35. The molecule has 0 aromatic heterocycles. The zero-order chi connectivity index (χ0) is 13.9. The van der Waals surface area contributed by atoms with Gasteiger partial charge in [0.2, 0.25) is 0 Å².